The first-order valence-corrected chi connectivity index (χ1v) is 6.15. The Labute approximate surface area is 115 Å². The smallest absolute Gasteiger partial charge is 0.330 e. The van der Waals surface area contributed by atoms with E-state index in [0.29, 0.717) is 24.6 Å². The number of carbonyl (C=O) groups excluding carboxylic acids is 1. The number of imidazole rings is 1. The molecule has 3 rings (SSSR count). The average molecular weight is 271 g/mol. The van der Waals surface area contributed by atoms with E-state index < -0.39 is 0 Å². The van der Waals surface area contributed by atoms with E-state index in [1.165, 1.54) is 10.9 Å². The first kappa shape index (κ1) is 12.3. The Morgan fingerprint density at radius 1 is 1.15 bits per heavy atom. The lowest BCUT2D eigenvalue weighted by Gasteiger charge is -2.20. The first-order chi connectivity index (χ1) is 9.83. The fourth-order valence-corrected chi connectivity index (χ4v) is 1.91. The van der Waals surface area contributed by atoms with Crippen molar-refractivity contribution in [3.05, 3.63) is 67.0 Å². The maximum absolute atomic E-state index is 12.4. The zero-order valence-electron chi connectivity index (χ0n) is 10.7. The molecular weight excluding hydrogens is 258 g/mol. The fraction of sp³-hybridized carbons (Fsp3) is 0.143. The van der Waals surface area contributed by atoms with Gasteiger partial charge in [-0.15, -0.1) is 0 Å². The van der Waals surface area contributed by atoms with E-state index in [0.717, 1.165) is 0 Å². The summed E-state index contributed by atoms with van der Waals surface area (Å²) in [6.45, 7) is 0.732. The molecule has 0 saturated carbocycles. The summed E-state index contributed by atoms with van der Waals surface area (Å²) in [6, 6.07) is 7.06. The van der Waals surface area contributed by atoms with Crippen LogP contribution in [0.15, 0.2) is 64.3 Å². The van der Waals surface area contributed by atoms with E-state index in [-0.39, 0.29) is 6.03 Å². The van der Waals surface area contributed by atoms with Gasteiger partial charge in [-0.1, -0.05) is 0 Å². The monoisotopic (exact) mass is 271 g/mol. The van der Waals surface area contributed by atoms with Crippen LogP contribution in [0, 0.1) is 0 Å². The number of carbonyl (C=O) groups is 1. The SMILES string of the molecule is O=C(N(Cc1ccco1)Cc1ccco1)n1ccnc1. The summed E-state index contributed by atoms with van der Waals surface area (Å²) in [5.74, 6) is 1.43. The molecule has 0 unspecified atom stereocenters. The average Bonchev–Trinajstić information content (AvgIpc) is 3.20. The molecule has 20 heavy (non-hydrogen) atoms. The van der Waals surface area contributed by atoms with Gasteiger partial charge in [0.1, 0.15) is 17.8 Å². The molecule has 0 N–H and O–H groups in total. The van der Waals surface area contributed by atoms with Crippen LogP contribution >= 0.6 is 0 Å². The molecular formula is C14H13N3O3. The molecule has 0 spiro atoms. The normalized spacial score (nSPS) is 10.6. The second-order valence-corrected chi connectivity index (χ2v) is 4.27. The molecule has 3 heterocycles. The number of furan rings is 2. The van der Waals surface area contributed by atoms with Crippen molar-refractivity contribution >= 4 is 6.03 Å². The number of rotatable bonds is 4. The Balaban J connectivity index is 1.81. The van der Waals surface area contributed by atoms with Crippen molar-refractivity contribution in [2.24, 2.45) is 0 Å². The van der Waals surface area contributed by atoms with Gasteiger partial charge in [0.05, 0.1) is 25.6 Å². The molecule has 102 valence electrons. The highest BCUT2D eigenvalue weighted by Gasteiger charge is 2.18. The Kier molecular flexibility index (Phi) is 3.36. The molecule has 0 aliphatic carbocycles. The summed E-state index contributed by atoms with van der Waals surface area (Å²) in [4.78, 5) is 17.9. The van der Waals surface area contributed by atoms with Crippen LogP contribution in [0.25, 0.3) is 0 Å². The van der Waals surface area contributed by atoms with Gasteiger partial charge in [0.15, 0.2) is 0 Å². The minimum absolute atomic E-state index is 0.185. The van der Waals surface area contributed by atoms with Crippen LogP contribution in [0.3, 0.4) is 0 Å². The van der Waals surface area contributed by atoms with Crippen LogP contribution in [0.2, 0.25) is 0 Å². The summed E-state index contributed by atoms with van der Waals surface area (Å²) in [5.41, 5.74) is 0. The lowest BCUT2D eigenvalue weighted by molar-refractivity contribution is 0.183. The van der Waals surface area contributed by atoms with E-state index in [9.17, 15) is 4.79 Å². The molecule has 0 radical (unpaired) electrons. The quantitative estimate of drug-likeness (QED) is 0.731. The van der Waals surface area contributed by atoms with E-state index >= 15 is 0 Å². The van der Waals surface area contributed by atoms with Gasteiger partial charge in [0, 0.05) is 12.4 Å². The molecule has 0 aromatic carbocycles. The van der Waals surface area contributed by atoms with E-state index in [2.05, 4.69) is 4.98 Å². The second-order valence-electron chi connectivity index (χ2n) is 4.27. The van der Waals surface area contributed by atoms with E-state index in [1.54, 1.807) is 42.0 Å². The number of nitrogens with zero attached hydrogens (tertiary/aromatic N) is 3. The molecule has 0 atom stereocenters. The Bertz CT molecular complexity index is 606. The minimum atomic E-state index is -0.185. The summed E-state index contributed by atoms with van der Waals surface area (Å²) >= 11 is 0. The van der Waals surface area contributed by atoms with Crippen molar-refractivity contribution in [3.63, 3.8) is 0 Å². The number of aromatic nitrogens is 2. The Hall–Kier alpha value is -2.76. The third-order valence-electron chi connectivity index (χ3n) is 2.85. The van der Waals surface area contributed by atoms with E-state index in [4.69, 9.17) is 8.83 Å². The summed E-state index contributed by atoms with van der Waals surface area (Å²) in [5, 5.41) is 0. The number of amides is 1. The zero-order chi connectivity index (χ0) is 13.8. The van der Waals surface area contributed by atoms with Crippen LogP contribution in [-0.2, 0) is 13.1 Å². The molecule has 0 saturated heterocycles. The molecule has 0 bridgehead atoms. The maximum Gasteiger partial charge on any atom is 0.330 e. The lowest BCUT2D eigenvalue weighted by atomic mass is 10.3. The molecule has 0 fully saturated rings. The van der Waals surface area contributed by atoms with Gasteiger partial charge in [0.2, 0.25) is 0 Å². The molecule has 6 heteroatoms. The van der Waals surface area contributed by atoms with Gasteiger partial charge in [-0.05, 0) is 24.3 Å². The Morgan fingerprint density at radius 3 is 2.25 bits per heavy atom. The van der Waals surface area contributed by atoms with E-state index in [1.807, 2.05) is 12.1 Å². The van der Waals surface area contributed by atoms with Gasteiger partial charge in [-0.2, -0.15) is 0 Å². The van der Waals surface area contributed by atoms with Crippen molar-refractivity contribution in [1.82, 2.24) is 14.5 Å². The highest BCUT2D eigenvalue weighted by Crippen LogP contribution is 2.12. The summed E-state index contributed by atoms with van der Waals surface area (Å²) < 4.78 is 12.0. The van der Waals surface area contributed by atoms with Gasteiger partial charge in [-0.25, -0.2) is 9.78 Å². The summed E-state index contributed by atoms with van der Waals surface area (Å²) in [6.07, 6.45) is 7.82. The number of hydrogen-bond donors (Lipinski definition) is 0. The van der Waals surface area contributed by atoms with Crippen LogP contribution in [0.5, 0.6) is 0 Å². The van der Waals surface area contributed by atoms with Crippen LogP contribution < -0.4 is 0 Å². The van der Waals surface area contributed by atoms with Gasteiger partial charge in [0.25, 0.3) is 0 Å². The molecule has 6 nitrogen and oxygen atoms in total. The zero-order valence-corrected chi connectivity index (χ0v) is 10.7. The predicted octanol–water partition coefficient (Wildman–Crippen LogP) is 2.74. The topological polar surface area (TPSA) is 64.4 Å². The van der Waals surface area contributed by atoms with Crippen LogP contribution in [-0.4, -0.2) is 20.5 Å². The number of hydrogen-bond acceptors (Lipinski definition) is 4. The molecule has 3 aromatic heterocycles. The van der Waals surface area contributed by atoms with Gasteiger partial charge in [-0.3, -0.25) is 4.57 Å². The standard InChI is InChI=1S/C14H13N3O3/c18-14(16-6-5-15-11-16)17(9-12-3-1-7-19-12)10-13-4-2-8-20-13/h1-8,11H,9-10H2. The molecule has 1 amide bonds. The van der Waals surface area contributed by atoms with Crippen molar-refractivity contribution in [3.8, 4) is 0 Å². The van der Waals surface area contributed by atoms with Crippen molar-refractivity contribution in [1.29, 1.82) is 0 Å². The third kappa shape index (κ3) is 2.64. The lowest BCUT2D eigenvalue weighted by Crippen LogP contribution is -2.33. The molecule has 0 aliphatic rings. The van der Waals surface area contributed by atoms with Crippen LogP contribution in [0.4, 0.5) is 4.79 Å². The second kappa shape index (κ2) is 5.48. The van der Waals surface area contributed by atoms with Crippen molar-refractivity contribution in [2.75, 3.05) is 0 Å². The van der Waals surface area contributed by atoms with Crippen LogP contribution in [0.1, 0.15) is 11.5 Å². The largest absolute Gasteiger partial charge is 0.467 e. The highest BCUT2D eigenvalue weighted by molar-refractivity contribution is 5.76. The highest BCUT2D eigenvalue weighted by atomic mass is 16.3. The van der Waals surface area contributed by atoms with Gasteiger partial charge >= 0.3 is 6.03 Å². The predicted molar refractivity (Wildman–Crippen MR) is 69.7 cm³/mol. The third-order valence-corrected chi connectivity index (χ3v) is 2.85. The maximum atomic E-state index is 12.4. The van der Waals surface area contributed by atoms with Crippen molar-refractivity contribution < 1.29 is 13.6 Å². The Morgan fingerprint density at radius 2 is 1.80 bits per heavy atom. The van der Waals surface area contributed by atoms with Gasteiger partial charge < -0.3 is 13.7 Å². The first-order valence-electron chi connectivity index (χ1n) is 6.15. The fourth-order valence-electron chi connectivity index (χ4n) is 1.91. The van der Waals surface area contributed by atoms with Crippen molar-refractivity contribution in [2.45, 2.75) is 13.1 Å². The molecule has 0 aliphatic heterocycles. The molecule has 3 aromatic rings. The minimum Gasteiger partial charge on any atom is -0.467 e. The summed E-state index contributed by atoms with van der Waals surface area (Å²) in [7, 11) is 0.